The molecule has 0 bridgehead atoms. The molecule has 13 heavy (non-hydrogen) atoms. The lowest BCUT2D eigenvalue weighted by molar-refractivity contribution is 0.419. The standard InChI is InChI=1S/C9H7N3O/c1-13-7-4-2-3-6-9(7)12-8(5-10)11-6/h2-4H,1H3,(H,11,12). The smallest absolute Gasteiger partial charge is 0.211 e. The number of hydrogen-bond acceptors (Lipinski definition) is 3. The number of ether oxygens (including phenoxy) is 1. The van der Waals surface area contributed by atoms with Gasteiger partial charge in [0.15, 0.2) is 0 Å². The maximum Gasteiger partial charge on any atom is 0.211 e. The van der Waals surface area contributed by atoms with Gasteiger partial charge in [-0.1, -0.05) is 6.07 Å². The summed E-state index contributed by atoms with van der Waals surface area (Å²) in [6.07, 6.45) is 0. The van der Waals surface area contributed by atoms with E-state index >= 15 is 0 Å². The number of rotatable bonds is 1. The zero-order valence-corrected chi connectivity index (χ0v) is 7.03. The highest BCUT2D eigenvalue weighted by molar-refractivity contribution is 5.82. The molecule has 0 unspecified atom stereocenters. The van der Waals surface area contributed by atoms with Crippen LogP contribution in [0.25, 0.3) is 11.0 Å². The average molecular weight is 173 g/mol. The van der Waals surface area contributed by atoms with Crippen molar-refractivity contribution in [1.82, 2.24) is 9.97 Å². The highest BCUT2D eigenvalue weighted by atomic mass is 16.5. The summed E-state index contributed by atoms with van der Waals surface area (Å²) >= 11 is 0. The van der Waals surface area contributed by atoms with Crippen LogP contribution in [0.5, 0.6) is 5.75 Å². The zero-order valence-electron chi connectivity index (χ0n) is 7.03. The number of nitriles is 1. The molecule has 1 heterocycles. The maximum atomic E-state index is 8.62. The van der Waals surface area contributed by atoms with Gasteiger partial charge in [0, 0.05) is 0 Å². The fourth-order valence-electron chi connectivity index (χ4n) is 1.22. The molecule has 4 heteroatoms. The van der Waals surface area contributed by atoms with Gasteiger partial charge in [0.25, 0.3) is 0 Å². The van der Waals surface area contributed by atoms with Gasteiger partial charge in [0.1, 0.15) is 17.3 Å². The molecular weight excluding hydrogens is 166 g/mol. The van der Waals surface area contributed by atoms with E-state index in [1.807, 2.05) is 24.3 Å². The van der Waals surface area contributed by atoms with E-state index in [2.05, 4.69) is 9.97 Å². The number of imidazole rings is 1. The second kappa shape index (κ2) is 2.79. The summed E-state index contributed by atoms with van der Waals surface area (Å²) in [6.45, 7) is 0. The predicted molar refractivity (Wildman–Crippen MR) is 47.4 cm³/mol. The third-order valence-corrected chi connectivity index (χ3v) is 1.80. The van der Waals surface area contributed by atoms with Crippen LogP contribution in [-0.2, 0) is 0 Å². The molecule has 0 fully saturated rings. The molecule has 1 aromatic carbocycles. The van der Waals surface area contributed by atoms with Gasteiger partial charge in [-0.05, 0) is 12.1 Å². The molecule has 0 amide bonds. The number of aromatic amines is 1. The van der Waals surface area contributed by atoms with E-state index in [0.717, 1.165) is 5.52 Å². The number of nitrogens with one attached hydrogen (secondary N) is 1. The van der Waals surface area contributed by atoms with Gasteiger partial charge in [-0.2, -0.15) is 5.26 Å². The molecule has 0 saturated heterocycles. The first-order valence-corrected chi connectivity index (χ1v) is 3.78. The van der Waals surface area contributed by atoms with Gasteiger partial charge in [0.2, 0.25) is 5.82 Å². The first-order valence-electron chi connectivity index (χ1n) is 3.78. The molecule has 0 atom stereocenters. The zero-order chi connectivity index (χ0) is 9.26. The SMILES string of the molecule is COc1cccc2[nH]c(C#N)nc12. The number of nitrogens with zero attached hydrogens (tertiary/aromatic N) is 2. The fourth-order valence-corrected chi connectivity index (χ4v) is 1.22. The number of fused-ring (bicyclic) bond motifs is 1. The van der Waals surface area contributed by atoms with Crippen LogP contribution >= 0.6 is 0 Å². The molecule has 64 valence electrons. The Hall–Kier alpha value is -2.02. The first-order chi connectivity index (χ1) is 6.35. The van der Waals surface area contributed by atoms with Crippen molar-refractivity contribution in [2.75, 3.05) is 7.11 Å². The molecule has 1 aromatic heterocycles. The molecule has 0 radical (unpaired) electrons. The van der Waals surface area contributed by atoms with Crippen molar-refractivity contribution in [3.63, 3.8) is 0 Å². The summed E-state index contributed by atoms with van der Waals surface area (Å²) in [5.74, 6) is 0.981. The van der Waals surface area contributed by atoms with Crippen LogP contribution in [-0.4, -0.2) is 17.1 Å². The Bertz CT molecular complexity index is 481. The summed E-state index contributed by atoms with van der Waals surface area (Å²) in [6, 6.07) is 7.46. The van der Waals surface area contributed by atoms with Crippen molar-refractivity contribution in [3.8, 4) is 11.8 Å². The Morgan fingerprint density at radius 1 is 1.54 bits per heavy atom. The van der Waals surface area contributed by atoms with E-state index in [1.165, 1.54) is 0 Å². The molecule has 4 nitrogen and oxygen atoms in total. The first kappa shape index (κ1) is 7.62. The van der Waals surface area contributed by atoms with Crippen LogP contribution in [0.3, 0.4) is 0 Å². The lowest BCUT2D eigenvalue weighted by Gasteiger charge is -1.97. The lowest BCUT2D eigenvalue weighted by Crippen LogP contribution is -1.83. The van der Waals surface area contributed by atoms with Crippen LogP contribution in [0.15, 0.2) is 18.2 Å². The maximum absolute atomic E-state index is 8.62. The minimum Gasteiger partial charge on any atom is -0.494 e. The molecule has 2 rings (SSSR count). The number of hydrogen-bond donors (Lipinski definition) is 1. The predicted octanol–water partition coefficient (Wildman–Crippen LogP) is 1.44. The van der Waals surface area contributed by atoms with E-state index < -0.39 is 0 Å². The third-order valence-electron chi connectivity index (χ3n) is 1.80. The average Bonchev–Trinajstić information content (AvgIpc) is 2.59. The summed E-state index contributed by atoms with van der Waals surface area (Å²) in [7, 11) is 1.58. The Morgan fingerprint density at radius 3 is 3.08 bits per heavy atom. The van der Waals surface area contributed by atoms with Crippen LogP contribution < -0.4 is 4.74 Å². The van der Waals surface area contributed by atoms with Crippen LogP contribution in [0, 0.1) is 11.3 Å². The van der Waals surface area contributed by atoms with Gasteiger partial charge in [-0.25, -0.2) is 4.98 Å². The second-order valence-corrected chi connectivity index (χ2v) is 2.55. The molecule has 0 aliphatic rings. The minimum absolute atomic E-state index is 0.305. The highest BCUT2D eigenvalue weighted by Crippen LogP contribution is 2.22. The summed E-state index contributed by atoms with van der Waals surface area (Å²) in [5.41, 5.74) is 1.51. The fraction of sp³-hybridized carbons (Fsp3) is 0.111. The van der Waals surface area contributed by atoms with Crippen molar-refractivity contribution < 1.29 is 4.74 Å². The van der Waals surface area contributed by atoms with E-state index in [4.69, 9.17) is 10.00 Å². The number of methoxy groups -OCH3 is 1. The molecule has 0 aliphatic heterocycles. The summed E-state index contributed by atoms with van der Waals surface area (Å²) in [5, 5.41) is 8.62. The van der Waals surface area contributed by atoms with E-state index in [1.54, 1.807) is 7.11 Å². The van der Waals surface area contributed by atoms with Crippen LogP contribution in [0.1, 0.15) is 5.82 Å². The van der Waals surface area contributed by atoms with Crippen molar-refractivity contribution in [1.29, 1.82) is 5.26 Å². The van der Waals surface area contributed by atoms with E-state index in [9.17, 15) is 0 Å². The van der Waals surface area contributed by atoms with Crippen molar-refractivity contribution in [3.05, 3.63) is 24.0 Å². The Balaban J connectivity index is 2.76. The molecule has 0 spiro atoms. The molecule has 1 N–H and O–H groups in total. The Morgan fingerprint density at radius 2 is 2.38 bits per heavy atom. The van der Waals surface area contributed by atoms with Crippen LogP contribution in [0.4, 0.5) is 0 Å². The summed E-state index contributed by atoms with van der Waals surface area (Å²) < 4.78 is 5.09. The minimum atomic E-state index is 0.305. The molecular formula is C9H7N3O. The van der Waals surface area contributed by atoms with Gasteiger partial charge in [-0.3, -0.25) is 0 Å². The number of benzene rings is 1. The topological polar surface area (TPSA) is 61.7 Å². The number of H-pyrrole nitrogens is 1. The molecule has 2 aromatic rings. The normalized spacial score (nSPS) is 9.85. The van der Waals surface area contributed by atoms with Gasteiger partial charge < -0.3 is 9.72 Å². The second-order valence-electron chi connectivity index (χ2n) is 2.55. The van der Waals surface area contributed by atoms with Crippen molar-refractivity contribution in [2.24, 2.45) is 0 Å². The van der Waals surface area contributed by atoms with Gasteiger partial charge >= 0.3 is 0 Å². The number of aromatic nitrogens is 2. The van der Waals surface area contributed by atoms with E-state index in [0.29, 0.717) is 17.1 Å². The monoisotopic (exact) mass is 173 g/mol. The van der Waals surface area contributed by atoms with E-state index in [-0.39, 0.29) is 0 Å². The lowest BCUT2D eigenvalue weighted by atomic mass is 10.3. The number of para-hydroxylation sites is 1. The Kier molecular flexibility index (Phi) is 1.64. The van der Waals surface area contributed by atoms with Crippen molar-refractivity contribution >= 4 is 11.0 Å². The molecule has 0 aliphatic carbocycles. The quantitative estimate of drug-likeness (QED) is 0.709. The van der Waals surface area contributed by atoms with Gasteiger partial charge in [0.05, 0.1) is 12.6 Å². The van der Waals surface area contributed by atoms with Crippen LogP contribution in [0.2, 0.25) is 0 Å². The Labute approximate surface area is 74.8 Å². The molecule has 0 saturated carbocycles. The largest absolute Gasteiger partial charge is 0.494 e. The summed E-state index contributed by atoms with van der Waals surface area (Å²) in [4.78, 5) is 6.93. The third kappa shape index (κ3) is 1.11. The highest BCUT2D eigenvalue weighted by Gasteiger charge is 2.05. The van der Waals surface area contributed by atoms with Gasteiger partial charge in [-0.15, -0.1) is 0 Å². The van der Waals surface area contributed by atoms with Crippen molar-refractivity contribution in [2.45, 2.75) is 0 Å².